The molecule has 0 aromatic carbocycles. The van der Waals surface area contributed by atoms with E-state index in [1.54, 1.807) is 4.90 Å². The van der Waals surface area contributed by atoms with Gasteiger partial charge in [0.15, 0.2) is 0 Å². The van der Waals surface area contributed by atoms with Crippen LogP contribution < -0.4 is 5.32 Å². The summed E-state index contributed by atoms with van der Waals surface area (Å²) in [6.07, 6.45) is 2.90. The monoisotopic (exact) mass is 301 g/mol. The maximum Gasteiger partial charge on any atom is 0.270 e. The van der Waals surface area contributed by atoms with Crippen LogP contribution in [-0.4, -0.2) is 42.6 Å². The zero-order valence-electron chi connectivity index (χ0n) is 10.7. The number of aromatic nitrogens is 1. The van der Waals surface area contributed by atoms with Gasteiger partial charge in [-0.25, -0.2) is 0 Å². The highest BCUT2D eigenvalue weighted by Gasteiger charge is 2.16. The summed E-state index contributed by atoms with van der Waals surface area (Å²) in [7, 11) is 3.76. The van der Waals surface area contributed by atoms with E-state index in [4.69, 9.17) is 0 Å². The largest absolute Gasteiger partial charge is 0.343 e. The van der Waals surface area contributed by atoms with Gasteiger partial charge in [-0.15, -0.1) is 0 Å². The van der Waals surface area contributed by atoms with E-state index in [0.717, 1.165) is 36.2 Å². The summed E-state index contributed by atoms with van der Waals surface area (Å²) in [5, 5.41) is 3.08. The van der Waals surface area contributed by atoms with Crippen LogP contribution in [-0.2, 0) is 6.54 Å². The van der Waals surface area contributed by atoms with Crippen LogP contribution in [0.2, 0.25) is 0 Å². The van der Waals surface area contributed by atoms with Gasteiger partial charge in [-0.1, -0.05) is 0 Å². The molecule has 0 fully saturated rings. The van der Waals surface area contributed by atoms with Crippen LogP contribution >= 0.6 is 15.9 Å². The van der Waals surface area contributed by atoms with E-state index >= 15 is 0 Å². The second-order valence-electron chi connectivity index (χ2n) is 4.01. The summed E-state index contributed by atoms with van der Waals surface area (Å²) in [6.45, 7) is 4.53. The van der Waals surface area contributed by atoms with Crippen molar-refractivity contribution in [2.24, 2.45) is 0 Å². The number of hydrogen-bond acceptors (Lipinski definition) is 2. The van der Waals surface area contributed by atoms with E-state index in [1.165, 1.54) is 0 Å². The third-order valence-corrected chi connectivity index (χ3v) is 3.12. The third kappa shape index (κ3) is 3.85. The molecule has 0 spiro atoms. The number of carbonyl (C=O) groups is 1. The Morgan fingerprint density at radius 3 is 2.88 bits per heavy atom. The molecule has 0 saturated heterocycles. The van der Waals surface area contributed by atoms with Crippen molar-refractivity contribution in [2.45, 2.75) is 19.9 Å². The van der Waals surface area contributed by atoms with Crippen molar-refractivity contribution in [3.63, 3.8) is 0 Å². The van der Waals surface area contributed by atoms with Crippen molar-refractivity contribution < 1.29 is 4.79 Å². The molecule has 1 aromatic heterocycles. The minimum absolute atomic E-state index is 0.0775. The lowest BCUT2D eigenvalue weighted by molar-refractivity contribution is 0.0783. The lowest BCUT2D eigenvalue weighted by Gasteiger charge is -2.17. The number of amides is 1. The molecule has 1 heterocycles. The molecule has 1 rings (SSSR count). The normalized spacial score (nSPS) is 10.6. The van der Waals surface area contributed by atoms with E-state index in [0.29, 0.717) is 0 Å². The summed E-state index contributed by atoms with van der Waals surface area (Å²) < 4.78 is 2.91. The molecular weight excluding hydrogens is 282 g/mol. The Hall–Kier alpha value is -0.810. The molecule has 5 heteroatoms. The molecule has 0 saturated carbocycles. The number of rotatable bonds is 6. The second kappa shape index (κ2) is 6.81. The SMILES string of the molecule is CCn1cc(Br)cc1C(=O)N(C)CCCNC. The molecule has 0 aliphatic heterocycles. The van der Waals surface area contributed by atoms with Crippen molar-refractivity contribution >= 4 is 21.8 Å². The summed E-state index contributed by atoms with van der Waals surface area (Å²) in [4.78, 5) is 14.0. The van der Waals surface area contributed by atoms with E-state index < -0.39 is 0 Å². The van der Waals surface area contributed by atoms with Crippen molar-refractivity contribution in [1.29, 1.82) is 0 Å². The molecule has 0 atom stereocenters. The fourth-order valence-corrected chi connectivity index (χ4v) is 2.17. The van der Waals surface area contributed by atoms with E-state index in [-0.39, 0.29) is 5.91 Å². The maximum absolute atomic E-state index is 12.2. The molecule has 1 aromatic rings. The fourth-order valence-electron chi connectivity index (χ4n) is 1.71. The van der Waals surface area contributed by atoms with Gasteiger partial charge < -0.3 is 14.8 Å². The van der Waals surface area contributed by atoms with Gasteiger partial charge in [0.25, 0.3) is 5.91 Å². The van der Waals surface area contributed by atoms with Gasteiger partial charge in [0.1, 0.15) is 5.69 Å². The van der Waals surface area contributed by atoms with Gasteiger partial charge in [0, 0.05) is 30.8 Å². The number of aryl methyl sites for hydroxylation is 1. The van der Waals surface area contributed by atoms with Crippen LogP contribution in [0.1, 0.15) is 23.8 Å². The Morgan fingerprint density at radius 1 is 1.59 bits per heavy atom. The van der Waals surface area contributed by atoms with Gasteiger partial charge in [-0.2, -0.15) is 0 Å². The lowest BCUT2D eigenvalue weighted by Crippen LogP contribution is -2.30. The average Bonchev–Trinajstić information content (AvgIpc) is 2.69. The number of nitrogens with zero attached hydrogens (tertiary/aromatic N) is 2. The van der Waals surface area contributed by atoms with Gasteiger partial charge in [0.05, 0.1) is 0 Å². The first-order chi connectivity index (χ1) is 8.10. The van der Waals surface area contributed by atoms with E-state index in [2.05, 4.69) is 21.2 Å². The van der Waals surface area contributed by atoms with Gasteiger partial charge >= 0.3 is 0 Å². The molecule has 0 radical (unpaired) electrons. The Kier molecular flexibility index (Phi) is 5.71. The minimum Gasteiger partial charge on any atom is -0.343 e. The predicted molar refractivity (Wildman–Crippen MR) is 73.3 cm³/mol. The lowest BCUT2D eigenvalue weighted by atomic mass is 10.3. The molecule has 0 unspecified atom stereocenters. The van der Waals surface area contributed by atoms with Crippen LogP contribution in [0, 0.1) is 0 Å². The van der Waals surface area contributed by atoms with Crippen molar-refractivity contribution in [2.75, 3.05) is 27.2 Å². The van der Waals surface area contributed by atoms with Crippen LogP contribution in [0.25, 0.3) is 0 Å². The Bertz CT molecular complexity index is 376. The van der Waals surface area contributed by atoms with Crippen LogP contribution in [0.3, 0.4) is 0 Å². The maximum atomic E-state index is 12.2. The van der Waals surface area contributed by atoms with Gasteiger partial charge in [-0.3, -0.25) is 4.79 Å². The van der Waals surface area contributed by atoms with Crippen LogP contribution in [0.15, 0.2) is 16.7 Å². The highest BCUT2D eigenvalue weighted by atomic mass is 79.9. The molecule has 96 valence electrons. The molecule has 17 heavy (non-hydrogen) atoms. The van der Waals surface area contributed by atoms with Crippen molar-refractivity contribution in [3.05, 3.63) is 22.4 Å². The average molecular weight is 302 g/mol. The first-order valence-electron chi connectivity index (χ1n) is 5.85. The predicted octanol–water partition coefficient (Wildman–Crippen LogP) is 1.95. The van der Waals surface area contributed by atoms with Crippen LogP contribution in [0.5, 0.6) is 0 Å². The van der Waals surface area contributed by atoms with E-state index in [1.807, 2.05) is 37.8 Å². The molecule has 1 amide bonds. The first kappa shape index (κ1) is 14.3. The highest BCUT2D eigenvalue weighted by molar-refractivity contribution is 9.10. The van der Waals surface area contributed by atoms with E-state index in [9.17, 15) is 4.79 Å². The van der Waals surface area contributed by atoms with Gasteiger partial charge in [0.2, 0.25) is 0 Å². The van der Waals surface area contributed by atoms with Gasteiger partial charge in [-0.05, 0) is 48.9 Å². The fraction of sp³-hybridized carbons (Fsp3) is 0.583. The molecule has 0 aliphatic carbocycles. The highest BCUT2D eigenvalue weighted by Crippen LogP contribution is 2.16. The van der Waals surface area contributed by atoms with Crippen molar-refractivity contribution in [1.82, 2.24) is 14.8 Å². The zero-order valence-corrected chi connectivity index (χ0v) is 12.2. The summed E-state index contributed by atoms with van der Waals surface area (Å²) in [5.74, 6) is 0.0775. The molecular formula is C12H20BrN3O. The summed E-state index contributed by atoms with van der Waals surface area (Å²) >= 11 is 3.40. The molecule has 1 N–H and O–H groups in total. The Labute approximate surface area is 111 Å². The smallest absolute Gasteiger partial charge is 0.270 e. The standard InChI is InChI=1S/C12H20BrN3O/c1-4-16-9-10(13)8-11(16)12(17)15(3)7-5-6-14-2/h8-9,14H,4-7H2,1-3H3. The second-order valence-corrected chi connectivity index (χ2v) is 4.93. The van der Waals surface area contributed by atoms with Crippen LogP contribution in [0.4, 0.5) is 0 Å². The Morgan fingerprint density at radius 2 is 2.29 bits per heavy atom. The Balaban J connectivity index is 2.67. The number of hydrogen-bond donors (Lipinski definition) is 1. The molecule has 0 bridgehead atoms. The summed E-state index contributed by atoms with van der Waals surface area (Å²) in [5.41, 5.74) is 0.742. The molecule has 4 nitrogen and oxygen atoms in total. The van der Waals surface area contributed by atoms with Crippen molar-refractivity contribution in [3.8, 4) is 0 Å². The zero-order chi connectivity index (χ0) is 12.8. The summed E-state index contributed by atoms with van der Waals surface area (Å²) in [6, 6.07) is 1.88. The number of halogens is 1. The minimum atomic E-state index is 0.0775. The number of carbonyl (C=O) groups excluding carboxylic acids is 1. The first-order valence-corrected chi connectivity index (χ1v) is 6.65. The molecule has 0 aliphatic rings. The topological polar surface area (TPSA) is 37.3 Å². The third-order valence-electron chi connectivity index (χ3n) is 2.69. The number of nitrogens with one attached hydrogen (secondary N) is 1. The quantitative estimate of drug-likeness (QED) is 0.816.